The lowest BCUT2D eigenvalue weighted by Gasteiger charge is -2.31. The van der Waals surface area contributed by atoms with Crippen molar-refractivity contribution in [1.82, 2.24) is 4.90 Å². The lowest BCUT2D eigenvalue weighted by Crippen LogP contribution is -2.37. The average Bonchev–Trinajstić information content (AvgIpc) is 2.24. The fourth-order valence-electron chi connectivity index (χ4n) is 1.88. The number of hydrogen-bond acceptors (Lipinski definition) is 2. The molecule has 1 N–H and O–H groups in total. The summed E-state index contributed by atoms with van der Waals surface area (Å²) in [5.74, 6) is -0.812. The van der Waals surface area contributed by atoms with Crippen molar-refractivity contribution < 1.29 is 9.90 Å². The summed E-state index contributed by atoms with van der Waals surface area (Å²) in [4.78, 5) is 12.8. The maximum Gasteiger partial charge on any atom is 0.317 e. The fourth-order valence-corrected chi connectivity index (χ4v) is 2.08. The van der Waals surface area contributed by atoms with Crippen LogP contribution in [0.3, 0.4) is 0 Å². The van der Waals surface area contributed by atoms with Crippen LogP contribution in [0.2, 0.25) is 5.02 Å². The standard InChI is InChI=1S/C13H18ClNO2/c1-9(2)15(8-13(16)17)10(3)11-5-4-6-12(14)7-11/h4-7,9-10H,8H2,1-3H3,(H,16,17)/t10-/m0/s1. The molecule has 4 heteroatoms. The van der Waals surface area contributed by atoms with Crippen LogP contribution in [0.15, 0.2) is 24.3 Å². The third-order valence-electron chi connectivity index (χ3n) is 2.81. The normalized spacial score (nSPS) is 13.1. The number of hydrogen-bond donors (Lipinski definition) is 1. The Morgan fingerprint density at radius 2 is 2.06 bits per heavy atom. The van der Waals surface area contributed by atoms with Gasteiger partial charge < -0.3 is 5.11 Å². The summed E-state index contributed by atoms with van der Waals surface area (Å²) in [7, 11) is 0. The first-order valence-corrected chi connectivity index (χ1v) is 6.02. The summed E-state index contributed by atoms with van der Waals surface area (Å²) in [6.45, 7) is 6.01. The van der Waals surface area contributed by atoms with Gasteiger partial charge >= 0.3 is 5.97 Å². The Kier molecular flexibility index (Phi) is 4.97. The van der Waals surface area contributed by atoms with Gasteiger partial charge in [-0.3, -0.25) is 9.69 Å². The minimum absolute atomic E-state index is 0.0322. The zero-order valence-corrected chi connectivity index (χ0v) is 11.1. The molecule has 1 atom stereocenters. The largest absolute Gasteiger partial charge is 0.480 e. The third kappa shape index (κ3) is 4.02. The predicted octanol–water partition coefficient (Wildman–Crippen LogP) is 3.20. The first-order chi connectivity index (χ1) is 7.91. The molecular weight excluding hydrogens is 238 g/mol. The smallest absolute Gasteiger partial charge is 0.317 e. The number of carboxylic acids is 1. The fraction of sp³-hybridized carbons (Fsp3) is 0.462. The highest BCUT2D eigenvalue weighted by molar-refractivity contribution is 6.30. The predicted molar refractivity (Wildman–Crippen MR) is 69.3 cm³/mol. The van der Waals surface area contributed by atoms with E-state index in [0.29, 0.717) is 5.02 Å². The second kappa shape index (κ2) is 6.03. The topological polar surface area (TPSA) is 40.5 Å². The number of aliphatic carboxylic acids is 1. The number of nitrogens with zero attached hydrogens (tertiary/aromatic N) is 1. The van der Waals surface area contributed by atoms with E-state index in [2.05, 4.69) is 0 Å². The Balaban J connectivity index is 2.91. The number of benzene rings is 1. The Labute approximate surface area is 107 Å². The molecule has 1 rings (SSSR count). The summed E-state index contributed by atoms with van der Waals surface area (Å²) in [5.41, 5.74) is 1.03. The van der Waals surface area contributed by atoms with Crippen LogP contribution in [0.5, 0.6) is 0 Å². The summed E-state index contributed by atoms with van der Waals surface area (Å²) in [5, 5.41) is 9.59. The maximum absolute atomic E-state index is 10.8. The van der Waals surface area contributed by atoms with Gasteiger partial charge in [-0.1, -0.05) is 23.7 Å². The molecule has 0 amide bonds. The van der Waals surface area contributed by atoms with E-state index in [1.54, 1.807) is 0 Å². The Morgan fingerprint density at radius 1 is 1.41 bits per heavy atom. The van der Waals surface area contributed by atoms with Gasteiger partial charge in [-0.05, 0) is 38.5 Å². The van der Waals surface area contributed by atoms with Crippen molar-refractivity contribution in [2.75, 3.05) is 6.54 Å². The van der Waals surface area contributed by atoms with E-state index < -0.39 is 5.97 Å². The number of rotatable bonds is 5. The lowest BCUT2D eigenvalue weighted by molar-refractivity contribution is -0.139. The molecule has 1 aromatic carbocycles. The number of carbonyl (C=O) groups is 1. The van der Waals surface area contributed by atoms with Gasteiger partial charge in [0, 0.05) is 17.1 Å². The second-order valence-electron chi connectivity index (χ2n) is 4.39. The molecule has 0 aromatic heterocycles. The molecular formula is C13H18ClNO2. The van der Waals surface area contributed by atoms with Gasteiger partial charge in [-0.2, -0.15) is 0 Å². The molecule has 0 saturated carbocycles. The van der Waals surface area contributed by atoms with Gasteiger partial charge in [-0.15, -0.1) is 0 Å². The molecule has 0 bridgehead atoms. The molecule has 0 unspecified atom stereocenters. The highest BCUT2D eigenvalue weighted by Gasteiger charge is 2.21. The minimum Gasteiger partial charge on any atom is -0.480 e. The Bertz CT molecular complexity index is 393. The van der Waals surface area contributed by atoms with Crippen LogP contribution in [0.4, 0.5) is 0 Å². The SMILES string of the molecule is CC(C)N(CC(=O)O)[C@@H](C)c1cccc(Cl)c1. The molecule has 1 aromatic rings. The van der Waals surface area contributed by atoms with Gasteiger partial charge in [-0.25, -0.2) is 0 Å². The van der Waals surface area contributed by atoms with Gasteiger partial charge in [0.25, 0.3) is 0 Å². The van der Waals surface area contributed by atoms with E-state index in [-0.39, 0.29) is 18.6 Å². The van der Waals surface area contributed by atoms with Gasteiger partial charge in [0.15, 0.2) is 0 Å². The van der Waals surface area contributed by atoms with Gasteiger partial charge in [0.2, 0.25) is 0 Å². The average molecular weight is 256 g/mol. The quantitative estimate of drug-likeness (QED) is 0.878. The highest BCUT2D eigenvalue weighted by atomic mass is 35.5. The van der Waals surface area contributed by atoms with E-state index in [1.807, 2.05) is 49.9 Å². The van der Waals surface area contributed by atoms with Crippen LogP contribution in [-0.4, -0.2) is 28.6 Å². The zero-order chi connectivity index (χ0) is 13.0. The maximum atomic E-state index is 10.8. The van der Waals surface area contributed by atoms with Crippen LogP contribution in [0.25, 0.3) is 0 Å². The molecule has 0 aliphatic rings. The molecule has 0 spiro atoms. The van der Waals surface area contributed by atoms with E-state index >= 15 is 0 Å². The van der Waals surface area contributed by atoms with E-state index in [0.717, 1.165) is 5.56 Å². The molecule has 3 nitrogen and oxygen atoms in total. The van der Waals surface area contributed by atoms with Crippen LogP contribution in [-0.2, 0) is 4.79 Å². The number of halogens is 1. The second-order valence-corrected chi connectivity index (χ2v) is 4.83. The van der Waals surface area contributed by atoms with Crippen LogP contribution >= 0.6 is 11.6 Å². The van der Waals surface area contributed by atoms with E-state index in [1.165, 1.54) is 0 Å². The molecule has 0 aliphatic heterocycles. The lowest BCUT2D eigenvalue weighted by atomic mass is 10.1. The van der Waals surface area contributed by atoms with E-state index in [9.17, 15) is 4.79 Å². The van der Waals surface area contributed by atoms with Gasteiger partial charge in [0.1, 0.15) is 0 Å². The van der Waals surface area contributed by atoms with Crippen molar-refractivity contribution in [3.8, 4) is 0 Å². The van der Waals surface area contributed by atoms with Crippen molar-refractivity contribution in [3.05, 3.63) is 34.9 Å². The summed E-state index contributed by atoms with van der Waals surface area (Å²) in [6, 6.07) is 7.74. The number of carboxylic acid groups (broad SMARTS) is 1. The van der Waals surface area contributed by atoms with Crippen LogP contribution in [0, 0.1) is 0 Å². The van der Waals surface area contributed by atoms with Gasteiger partial charge in [0.05, 0.1) is 6.54 Å². The monoisotopic (exact) mass is 255 g/mol. The summed E-state index contributed by atoms with van der Waals surface area (Å²) in [6.07, 6.45) is 0. The first-order valence-electron chi connectivity index (χ1n) is 5.64. The molecule has 0 aliphatic carbocycles. The zero-order valence-electron chi connectivity index (χ0n) is 10.4. The molecule has 0 fully saturated rings. The van der Waals surface area contributed by atoms with Crippen molar-refractivity contribution in [3.63, 3.8) is 0 Å². The summed E-state index contributed by atoms with van der Waals surface area (Å²) < 4.78 is 0. The van der Waals surface area contributed by atoms with E-state index in [4.69, 9.17) is 16.7 Å². The third-order valence-corrected chi connectivity index (χ3v) is 3.04. The Hall–Kier alpha value is -1.06. The molecule has 0 heterocycles. The van der Waals surface area contributed by atoms with Crippen molar-refractivity contribution in [1.29, 1.82) is 0 Å². The van der Waals surface area contributed by atoms with Crippen molar-refractivity contribution in [2.45, 2.75) is 32.9 Å². The summed E-state index contributed by atoms with van der Waals surface area (Å²) >= 11 is 5.94. The van der Waals surface area contributed by atoms with Crippen LogP contribution in [0.1, 0.15) is 32.4 Å². The van der Waals surface area contributed by atoms with Crippen molar-refractivity contribution in [2.24, 2.45) is 0 Å². The minimum atomic E-state index is -0.812. The van der Waals surface area contributed by atoms with Crippen LogP contribution < -0.4 is 0 Å². The molecule has 94 valence electrons. The van der Waals surface area contributed by atoms with Crippen molar-refractivity contribution >= 4 is 17.6 Å². The molecule has 0 radical (unpaired) electrons. The highest BCUT2D eigenvalue weighted by Crippen LogP contribution is 2.24. The first kappa shape index (κ1) is 14.0. The molecule has 0 saturated heterocycles. The molecule has 17 heavy (non-hydrogen) atoms. The Morgan fingerprint density at radius 3 is 2.53 bits per heavy atom.